The number of methoxy groups -OCH3 is 1. The van der Waals surface area contributed by atoms with E-state index in [4.69, 9.17) is 4.74 Å². The number of ether oxygens (including phenoxy) is 1. The molecule has 0 aromatic rings. The van der Waals surface area contributed by atoms with Gasteiger partial charge in [-0.05, 0) is 39.8 Å². The van der Waals surface area contributed by atoms with Crippen LogP contribution in [0, 0.1) is 5.92 Å². The molecule has 4 atom stereocenters. The van der Waals surface area contributed by atoms with Gasteiger partial charge < -0.3 is 15.0 Å². The Morgan fingerprint density at radius 2 is 2.07 bits per heavy atom. The van der Waals surface area contributed by atoms with Crippen molar-refractivity contribution in [2.75, 3.05) is 27.2 Å². The molecule has 0 aliphatic carbocycles. The minimum Gasteiger partial charge on any atom is -0.380 e. The summed E-state index contributed by atoms with van der Waals surface area (Å²) in [6.07, 6.45) is 1.54. The van der Waals surface area contributed by atoms with E-state index in [-0.39, 0.29) is 6.10 Å². The van der Waals surface area contributed by atoms with E-state index in [0.29, 0.717) is 12.1 Å². The van der Waals surface area contributed by atoms with Gasteiger partial charge in [0.15, 0.2) is 0 Å². The number of likely N-dealkylation sites (tertiary alicyclic amines) is 1. The van der Waals surface area contributed by atoms with Gasteiger partial charge in [-0.25, -0.2) is 0 Å². The van der Waals surface area contributed by atoms with E-state index in [9.17, 15) is 0 Å². The average molecular weight is 214 g/mol. The Hall–Kier alpha value is -0.120. The Kier molecular flexibility index (Phi) is 5.03. The van der Waals surface area contributed by atoms with E-state index in [0.717, 1.165) is 5.92 Å². The van der Waals surface area contributed by atoms with Gasteiger partial charge in [-0.2, -0.15) is 0 Å². The second kappa shape index (κ2) is 5.83. The van der Waals surface area contributed by atoms with Gasteiger partial charge in [0.2, 0.25) is 0 Å². The van der Waals surface area contributed by atoms with E-state index in [1.54, 1.807) is 7.11 Å². The molecule has 1 N–H and O–H groups in total. The molecule has 3 nitrogen and oxygen atoms in total. The zero-order valence-electron chi connectivity index (χ0n) is 10.8. The van der Waals surface area contributed by atoms with Crippen molar-refractivity contribution < 1.29 is 4.74 Å². The Bertz CT molecular complexity index is 186. The van der Waals surface area contributed by atoms with Crippen molar-refractivity contribution in [1.82, 2.24) is 10.2 Å². The number of hydrogen-bond acceptors (Lipinski definition) is 3. The smallest absolute Gasteiger partial charge is 0.0693 e. The van der Waals surface area contributed by atoms with E-state index in [2.05, 4.69) is 38.0 Å². The summed E-state index contributed by atoms with van der Waals surface area (Å²) in [5.41, 5.74) is 0. The molecular weight excluding hydrogens is 188 g/mol. The molecule has 4 unspecified atom stereocenters. The zero-order chi connectivity index (χ0) is 11.4. The highest BCUT2D eigenvalue weighted by Crippen LogP contribution is 2.16. The normalized spacial score (nSPS) is 32.6. The molecular formula is C12H26N2O. The largest absolute Gasteiger partial charge is 0.380 e. The molecule has 0 amide bonds. The number of hydrogen-bond donors (Lipinski definition) is 1. The quantitative estimate of drug-likeness (QED) is 0.764. The highest BCUT2D eigenvalue weighted by Gasteiger charge is 2.26. The lowest BCUT2D eigenvalue weighted by Gasteiger charge is -2.37. The van der Waals surface area contributed by atoms with E-state index in [1.165, 1.54) is 19.5 Å². The minimum absolute atomic E-state index is 0.289. The van der Waals surface area contributed by atoms with Crippen LogP contribution in [0.2, 0.25) is 0 Å². The molecule has 90 valence electrons. The second-order valence-corrected chi connectivity index (χ2v) is 5.03. The van der Waals surface area contributed by atoms with Crippen molar-refractivity contribution in [1.29, 1.82) is 0 Å². The van der Waals surface area contributed by atoms with E-state index >= 15 is 0 Å². The van der Waals surface area contributed by atoms with Crippen LogP contribution in [0.5, 0.6) is 0 Å². The summed E-state index contributed by atoms with van der Waals surface area (Å²) in [6, 6.07) is 1.08. The Balaban J connectivity index is 2.37. The third-order valence-electron chi connectivity index (χ3n) is 3.66. The molecule has 1 heterocycles. The summed E-state index contributed by atoms with van der Waals surface area (Å²) in [5, 5.41) is 3.69. The van der Waals surface area contributed by atoms with Crippen LogP contribution in [0.3, 0.4) is 0 Å². The van der Waals surface area contributed by atoms with Crippen LogP contribution >= 0.6 is 0 Å². The lowest BCUT2D eigenvalue weighted by atomic mass is 9.93. The Morgan fingerprint density at radius 1 is 1.40 bits per heavy atom. The second-order valence-electron chi connectivity index (χ2n) is 5.03. The highest BCUT2D eigenvalue weighted by atomic mass is 16.5. The summed E-state index contributed by atoms with van der Waals surface area (Å²) in [4.78, 5) is 2.41. The van der Waals surface area contributed by atoms with Crippen LogP contribution in [-0.4, -0.2) is 50.3 Å². The topological polar surface area (TPSA) is 24.5 Å². The number of nitrogens with one attached hydrogen (secondary N) is 1. The van der Waals surface area contributed by atoms with Gasteiger partial charge in [-0.15, -0.1) is 0 Å². The first-order valence-corrected chi connectivity index (χ1v) is 6.02. The molecule has 0 radical (unpaired) electrons. The average Bonchev–Trinajstić information content (AvgIpc) is 2.20. The van der Waals surface area contributed by atoms with Crippen LogP contribution in [0.4, 0.5) is 0 Å². The van der Waals surface area contributed by atoms with Crippen molar-refractivity contribution in [2.45, 2.75) is 45.4 Å². The predicted octanol–water partition coefficient (Wildman–Crippen LogP) is 1.34. The third kappa shape index (κ3) is 3.74. The maximum Gasteiger partial charge on any atom is 0.0693 e. The molecule has 1 aliphatic heterocycles. The lowest BCUT2D eigenvalue weighted by Crippen LogP contribution is -2.52. The van der Waals surface area contributed by atoms with Crippen LogP contribution in [0.25, 0.3) is 0 Å². The predicted molar refractivity (Wildman–Crippen MR) is 64.1 cm³/mol. The first-order chi connectivity index (χ1) is 7.04. The van der Waals surface area contributed by atoms with Crippen LogP contribution in [-0.2, 0) is 4.74 Å². The van der Waals surface area contributed by atoms with Gasteiger partial charge in [0, 0.05) is 25.7 Å². The van der Waals surface area contributed by atoms with Crippen molar-refractivity contribution in [2.24, 2.45) is 5.92 Å². The van der Waals surface area contributed by atoms with Gasteiger partial charge in [0.05, 0.1) is 6.10 Å². The van der Waals surface area contributed by atoms with Gasteiger partial charge in [0.25, 0.3) is 0 Å². The summed E-state index contributed by atoms with van der Waals surface area (Å²) in [5.74, 6) is 0.732. The number of piperidine rings is 1. The van der Waals surface area contributed by atoms with Gasteiger partial charge >= 0.3 is 0 Å². The Labute approximate surface area is 94.2 Å². The van der Waals surface area contributed by atoms with Gasteiger partial charge in [0.1, 0.15) is 0 Å². The lowest BCUT2D eigenvalue weighted by molar-refractivity contribution is 0.0723. The van der Waals surface area contributed by atoms with E-state index in [1.807, 2.05) is 0 Å². The summed E-state index contributed by atoms with van der Waals surface area (Å²) < 4.78 is 5.34. The Morgan fingerprint density at radius 3 is 2.60 bits per heavy atom. The van der Waals surface area contributed by atoms with Crippen molar-refractivity contribution in [3.8, 4) is 0 Å². The molecule has 1 fully saturated rings. The summed E-state index contributed by atoms with van der Waals surface area (Å²) in [7, 11) is 3.98. The van der Waals surface area contributed by atoms with E-state index < -0.39 is 0 Å². The van der Waals surface area contributed by atoms with Crippen LogP contribution in [0.15, 0.2) is 0 Å². The van der Waals surface area contributed by atoms with Crippen molar-refractivity contribution in [3.05, 3.63) is 0 Å². The molecule has 0 saturated carbocycles. The fraction of sp³-hybridized carbons (Fsp3) is 1.00. The van der Waals surface area contributed by atoms with Crippen molar-refractivity contribution >= 4 is 0 Å². The third-order valence-corrected chi connectivity index (χ3v) is 3.66. The zero-order valence-corrected chi connectivity index (χ0v) is 10.8. The minimum atomic E-state index is 0.289. The molecule has 0 spiro atoms. The molecule has 1 saturated heterocycles. The number of rotatable bonds is 4. The number of nitrogens with zero attached hydrogens (tertiary/aromatic N) is 1. The molecule has 0 bridgehead atoms. The summed E-state index contributed by atoms with van der Waals surface area (Å²) >= 11 is 0. The molecule has 1 rings (SSSR count). The molecule has 1 aliphatic rings. The molecule has 3 heteroatoms. The maximum atomic E-state index is 5.34. The summed E-state index contributed by atoms with van der Waals surface area (Å²) in [6.45, 7) is 9.07. The standard InChI is InChI=1S/C12H26N2O/c1-9-8-14(4)7-6-12(9)13-10(2)11(3)15-5/h9-13H,6-8H2,1-5H3. The fourth-order valence-corrected chi connectivity index (χ4v) is 2.28. The highest BCUT2D eigenvalue weighted by molar-refractivity contribution is 4.84. The molecule has 15 heavy (non-hydrogen) atoms. The monoisotopic (exact) mass is 214 g/mol. The SMILES string of the molecule is COC(C)C(C)NC1CCN(C)CC1C. The van der Waals surface area contributed by atoms with Crippen LogP contribution in [0.1, 0.15) is 27.2 Å². The first kappa shape index (κ1) is 12.9. The van der Waals surface area contributed by atoms with Crippen molar-refractivity contribution in [3.63, 3.8) is 0 Å². The molecule has 0 aromatic heterocycles. The fourth-order valence-electron chi connectivity index (χ4n) is 2.28. The maximum absolute atomic E-state index is 5.34. The van der Waals surface area contributed by atoms with Gasteiger partial charge in [-0.1, -0.05) is 6.92 Å². The van der Waals surface area contributed by atoms with Gasteiger partial charge in [-0.3, -0.25) is 0 Å². The molecule has 0 aromatic carbocycles. The first-order valence-electron chi connectivity index (χ1n) is 6.02. The van der Waals surface area contributed by atoms with Crippen LogP contribution < -0.4 is 5.32 Å².